The van der Waals surface area contributed by atoms with Gasteiger partial charge in [0.1, 0.15) is 5.75 Å². The number of aromatic nitrogens is 3. The number of carbonyl (C=O) groups excluding carboxylic acids is 1. The summed E-state index contributed by atoms with van der Waals surface area (Å²) >= 11 is 0. The number of benzene rings is 2. The molecule has 0 spiro atoms. The average molecular weight is 319 g/mol. The third kappa shape index (κ3) is 1.93. The number of methoxy groups -OCH3 is 1. The van der Waals surface area contributed by atoms with E-state index in [0.717, 1.165) is 17.2 Å². The molecule has 0 aliphatic heterocycles. The SMILES string of the molecule is COc1cccc(C=O)c1-c1cc2n[nH]c(=O)n2c2ccccc12. The maximum Gasteiger partial charge on any atom is 0.348 e. The molecule has 6 heteroatoms. The van der Waals surface area contributed by atoms with Crippen LogP contribution in [0, 0.1) is 0 Å². The number of rotatable bonds is 3. The van der Waals surface area contributed by atoms with E-state index in [1.165, 1.54) is 4.40 Å². The van der Waals surface area contributed by atoms with E-state index in [1.807, 2.05) is 24.3 Å². The molecule has 0 aliphatic rings. The summed E-state index contributed by atoms with van der Waals surface area (Å²) in [7, 11) is 1.56. The van der Waals surface area contributed by atoms with Crippen LogP contribution in [-0.2, 0) is 0 Å². The largest absolute Gasteiger partial charge is 0.496 e. The summed E-state index contributed by atoms with van der Waals surface area (Å²) in [4.78, 5) is 23.6. The fraction of sp³-hybridized carbons (Fsp3) is 0.0556. The smallest absolute Gasteiger partial charge is 0.348 e. The summed E-state index contributed by atoms with van der Waals surface area (Å²) < 4.78 is 6.96. The molecular weight excluding hydrogens is 306 g/mol. The number of para-hydroxylation sites is 1. The minimum Gasteiger partial charge on any atom is -0.496 e. The summed E-state index contributed by atoms with van der Waals surface area (Å²) in [6, 6.07) is 14.6. The Morgan fingerprint density at radius 1 is 1.17 bits per heavy atom. The van der Waals surface area contributed by atoms with Gasteiger partial charge >= 0.3 is 5.69 Å². The zero-order chi connectivity index (χ0) is 16.7. The summed E-state index contributed by atoms with van der Waals surface area (Å²) in [5.41, 5.74) is 2.88. The van der Waals surface area contributed by atoms with Crippen molar-refractivity contribution in [3.63, 3.8) is 0 Å². The van der Waals surface area contributed by atoms with Crippen molar-refractivity contribution in [2.45, 2.75) is 0 Å². The molecule has 2 heterocycles. The molecular formula is C18H13N3O3. The van der Waals surface area contributed by atoms with Gasteiger partial charge in [0.15, 0.2) is 11.9 Å². The summed E-state index contributed by atoms with van der Waals surface area (Å²) in [5.74, 6) is 0.590. The second-order valence-electron chi connectivity index (χ2n) is 5.34. The van der Waals surface area contributed by atoms with Crippen molar-refractivity contribution in [1.29, 1.82) is 0 Å². The maximum atomic E-state index is 12.1. The van der Waals surface area contributed by atoms with E-state index < -0.39 is 0 Å². The lowest BCUT2D eigenvalue weighted by atomic mass is 9.96. The third-order valence-electron chi connectivity index (χ3n) is 4.08. The van der Waals surface area contributed by atoms with Gasteiger partial charge in [0, 0.05) is 16.5 Å². The standard InChI is InChI=1S/C18H13N3O3/c1-24-15-8-4-5-11(10-22)17(15)13-9-16-19-20-18(23)21(16)14-7-3-2-6-12(13)14/h2-10H,1H3,(H,20,23). The lowest BCUT2D eigenvalue weighted by Crippen LogP contribution is -2.10. The zero-order valence-electron chi connectivity index (χ0n) is 12.8. The fourth-order valence-electron chi connectivity index (χ4n) is 3.05. The number of ether oxygens (including phenoxy) is 1. The van der Waals surface area contributed by atoms with E-state index >= 15 is 0 Å². The van der Waals surface area contributed by atoms with Gasteiger partial charge in [0.05, 0.1) is 12.6 Å². The Kier molecular flexibility index (Phi) is 3.16. The molecule has 0 radical (unpaired) electrons. The highest BCUT2D eigenvalue weighted by molar-refractivity contribution is 6.03. The number of nitrogens with zero attached hydrogens (tertiary/aromatic N) is 2. The number of pyridine rings is 1. The summed E-state index contributed by atoms with van der Waals surface area (Å²) in [6.45, 7) is 0. The van der Waals surface area contributed by atoms with Crippen molar-refractivity contribution < 1.29 is 9.53 Å². The Labute approximate surface area is 136 Å². The zero-order valence-corrected chi connectivity index (χ0v) is 12.8. The number of H-pyrrole nitrogens is 1. The van der Waals surface area contributed by atoms with Crippen molar-refractivity contribution in [2.24, 2.45) is 0 Å². The number of fused-ring (bicyclic) bond motifs is 3. The van der Waals surface area contributed by atoms with Gasteiger partial charge in [-0.15, -0.1) is 0 Å². The molecule has 0 bridgehead atoms. The van der Waals surface area contributed by atoms with Crippen molar-refractivity contribution in [1.82, 2.24) is 14.6 Å². The van der Waals surface area contributed by atoms with Crippen molar-refractivity contribution >= 4 is 22.8 Å². The number of hydrogen-bond donors (Lipinski definition) is 1. The molecule has 118 valence electrons. The van der Waals surface area contributed by atoms with Crippen molar-refractivity contribution in [3.05, 3.63) is 64.6 Å². The predicted octanol–water partition coefficient (Wildman–Crippen LogP) is 2.66. The van der Waals surface area contributed by atoms with Crippen molar-refractivity contribution in [2.75, 3.05) is 7.11 Å². The minimum atomic E-state index is -0.302. The molecule has 0 amide bonds. The fourth-order valence-corrected chi connectivity index (χ4v) is 3.05. The highest BCUT2D eigenvalue weighted by atomic mass is 16.5. The van der Waals surface area contributed by atoms with Gasteiger partial charge in [-0.2, -0.15) is 5.10 Å². The first-order chi connectivity index (χ1) is 11.7. The molecule has 24 heavy (non-hydrogen) atoms. The van der Waals surface area contributed by atoms with Gasteiger partial charge in [0.2, 0.25) is 0 Å². The van der Waals surface area contributed by atoms with Crippen molar-refractivity contribution in [3.8, 4) is 16.9 Å². The molecule has 0 atom stereocenters. The molecule has 4 aromatic rings. The number of nitrogens with one attached hydrogen (secondary N) is 1. The second-order valence-corrected chi connectivity index (χ2v) is 5.34. The number of hydrogen-bond acceptors (Lipinski definition) is 4. The first-order valence-corrected chi connectivity index (χ1v) is 7.36. The summed E-state index contributed by atoms with van der Waals surface area (Å²) in [6.07, 6.45) is 0.799. The van der Waals surface area contributed by atoms with Gasteiger partial charge in [-0.25, -0.2) is 14.3 Å². The molecule has 4 rings (SSSR count). The average Bonchev–Trinajstić information content (AvgIpc) is 3.01. The Balaban J connectivity index is 2.22. The predicted molar refractivity (Wildman–Crippen MR) is 90.7 cm³/mol. The Morgan fingerprint density at radius 3 is 2.79 bits per heavy atom. The number of carbonyl (C=O) groups is 1. The van der Waals surface area contributed by atoms with Crippen LogP contribution in [0.15, 0.2) is 53.3 Å². The van der Waals surface area contributed by atoms with Crippen LogP contribution >= 0.6 is 0 Å². The first kappa shape index (κ1) is 14.2. The summed E-state index contributed by atoms with van der Waals surface area (Å²) in [5, 5.41) is 7.36. The van der Waals surface area contributed by atoms with Gasteiger partial charge < -0.3 is 4.74 Å². The topological polar surface area (TPSA) is 76.5 Å². The monoisotopic (exact) mass is 319 g/mol. The van der Waals surface area contributed by atoms with Crippen LogP contribution < -0.4 is 10.4 Å². The van der Waals surface area contributed by atoms with E-state index in [9.17, 15) is 9.59 Å². The highest BCUT2D eigenvalue weighted by Gasteiger charge is 2.17. The quantitative estimate of drug-likeness (QED) is 0.589. The number of aldehydes is 1. The van der Waals surface area contributed by atoms with Crippen LogP contribution in [0.3, 0.4) is 0 Å². The van der Waals surface area contributed by atoms with Gasteiger partial charge in [-0.1, -0.05) is 30.3 Å². The first-order valence-electron chi connectivity index (χ1n) is 7.36. The van der Waals surface area contributed by atoms with Crippen LogP contribution in [0.2, 0.25) is 0 Å². The van der Waals surface area contributed by atoms with E-state index in [-0.39, 0.29) is 5.69 Å². The van der Waals surface area contributed by atoms with Crippen LogP contribution in [0.4, 0.5) is 0 Å². The maximum absolute atomic E-state index is 12.1. The second kappa shape index (κ2) is 5.34. The van der Waals surface area contributed by atoms with E-state index in [4.69, 9.17) is 4.74 Å². The molecule has 1 N–H and O–H groups in total. The molecule has 2 aromatic carbocycles. The van der Waals surface area contributed by atoms with Crippen LogP contribution in [0.25, 0.3) is 27.7 Å². The molecule has 2 aromatic heterocycles. The minimum absolute atomic E-state index is 0.302. The third-order valence-corrected chi connectivity index (χ3v) is 4.08. The lowest BCUT2D eigenvalue weighted by Gasteiger charge is -2.14. The van der Waals surface area contributed by atoms with Gasteiger partial charge in [0.25, 0.3) is 0 Å². The Bertz CT molecular complexity index is 1140. The molecule has 6 nitrogen and oxygen atoms in total. The van der Waals surface area contributed by atoms with E-state index in [2.05, 4.69) is 10.2 Å². The van der Waals surface area contributed by atoms with Crippen LogP contribution in [0.1, 0.15) is 10.4 Å². The molecule has 0 saturated heterocycles. The Hall–Kier alpha value is -3.41. The molecule has 0 aliphatic carbocycles. The van der Waals surface area contributed by atoms with E-state index in [0.29, 0.717) is 28.0 Å². The van der Waals surface area contributed by atoms with Crippen LogP contribution in [-0.4, -0.2) is 28.0 Å². The molecule has 0 saturated carbocycles. The lowest BCUT2D eigenvalue weighted by molar-refractivity contribution is 0.112. The van der Waals surface area contributed by atoms with Gasteiger partial charge in [-0.05, 0) is 23.8 Å². The Morgan fingerprint density at radius 2 is 2.00 bits per heavy atom. The molecule has 0 unspecified atom stereocenters. The normalized spacial score (nSPS) is 11.0. The molecule has 0 fully saturated rings. The van der Waals surface area contributed by atoms with Crippen LogP contribution in [0.5, 0.6) is 5.75 Å². The van der Waals surface area contributed by atoms with E-state index in [1.54, 1.807) is 31.4 Å². The highest BCUT2D eigenvalue weighted by Crippen LogP contribution is 2.37. The number of aromatic amines is 1. The van der Waals surface area contributed by atoms with Gasteiger partial charge in [-0.3, -0.25) is 4.79 Å².